The van der Waals surface area contributed by atoms with Crippen LogP contribution in [0.1, 0.15) is 32.4 Å². The Kier molecular flexibility index (Phi) is 4.56. The van der Waals surface area contributed by atoms with Crippen molar-refractivity contribution in [1.82, 2.24) is 15.1 Å². The highest BCUT2D eigenvalue weighted by Crippen LogP contribution is 2.35. The second-order valence-corrected chi connectivity index (χ2v) is 7.56. The van der Waals surface area contributed by atoms with Gasteiger partial charge in [-0.15, -0.1) is 11.3 Å². The molecule has 7 nitrogen and oxygen atoms in total. The number of pyridine rings is 1. The van der Waals surface area contributed by atoms with Crippen molar-refractivity contribution in [2.45, 2.75) is 27.4 Å². The summed E-state index contributed by atoms with van der Waals surface area (Å²) in [6.45, 7) is 5.72. The number of ether oxygens (including phenoxy) is 1. The van der Waals surface area contributed by atoms with Crippen LogP contribution in [-0.4, -0.2) is 21.1 Å². The molecular weight excluding hydrogens is 376 g/mol. The summed E-state index contributed by atoms with van der Waals surface area (Å²) in [4.78, 5) is 22.3. The maximum atomic E-state index is 12.5. The number of nitrogens with two attached hydrogens (primary N) is 1. The van der Waals surface area contributed by atoms with Crippen molar-refractivity contribution in [3.8, 4) is 11.4 Å². The van der Waals surface area contributed by atoms with Crippen LogP contribution in [0.25, 0.3) is 21.6 Å². The molecule has 0 bridgehead atoms. The minimum atomic E-state index is -0.535. The molecule has 0 aliphatic heterocycles. The molecule has 3 aromatic heterocycles. The molecule has 0 spiro atoms. The minimum Gasteiger partial charge on any atom is -0.451 e. The van der Waals surface area contributed by atoms with Gasteiger partial charge in [0.15, 0.2) is 6.61 Å². The normalized spacial score (nSPS) is 11.1. The first kappa shape index (κ1) is 18.1. The van der Waals surface area contributed by atoms with Gasteiger partial charge in [-0.2, -0.15) is 4.98 Å². The maximum absolute atomic E-state index is 12.5. The number of nitrogen functional groups attached to an aromatic ring is 1. The molecule has 0 amide bonds. The molecule has 0 aliphatic carbocycles. The largest absolute Gasteiger partial charge is 0.451 e. The van der Waals surface area contributed by atoms with E-state index in [0.29, 0.717) is 16.4 Å². The van der Waals surface area contributed by atoms with E-state index in [0.717, 1.165) is 32.6 Å². The van der Waals surface area contributed by atoms with Crippen LogP contribution >= 0.6 is 11.3 Å². The molecule has 0 aliphatic rings. The lowest BCUT2D eigenvalue weighted by atomic mass is 10.1. The van der Waals surface area contributed by atoms with E-state index in [9.17, 15) is 4.79 Å². The number of aromatic nitrogens is 3. The summed E-state index contributed by atoms with van der Waals surface area (Å²) in [7, 11) is 0. The van der Waals surface area contributed by atoms with E-state index in [4.69, 9.17) is 15.0 Å². The van der Waals surface area contributed by atoms with Crippen molar-refractivity contribution in [1.29, 1.82) is 0 Å². The second kappa shape index (κ2) is 7.05. The van der Waals surface area contributed by atoms with Gasteiger partial charge in [0.1, 0.15) is 9.71 Å². The van der Waals surface area contributed by atoms with Crippen molar-refractivity contribution >= 4 is 33.2 Å². The highest BCUT2D eigenvalue weighted by Gasteiger charge is 2.21. The molecule has 0 saturated heterocycles. The lowest BCUT2D eigenvalue weighted by Gasteiger charge is -2.01. The highest BCUT2D eigenvalue weighted by atomic mass is 32.1. The van der Waals surface area contributed by atoms with Crippen LogP contribution < -0.4 is 5.73 Å². The van der Waals surface area contributed by atoms with Crippen LogP contribution in [0.15, 0.2) is 34.9 Å². The zero-order valence-corrected chi connectivity index (χ0v) is 16.5. The van der Waals surface area contributed by atoms with E-state index < -0.39 is 5.97 Å². The number of esters is 1. The Balaban J connectivity index is 1.51. The molecule has 0 fully saturated rings. The summed E-state index contributed by atoms with van der Waals surface area (Å²) in [6.07, 6.45) is 0. The number of carbonyl (C=O) groups is 1. The Bertz CT molecular complexity index is 1180. The first-order chi connectivity index (χ1) is 13.4. The fourth-order valence-corrected chi connectivity index (χ4v) is 4.06. The molecule has 8 heteroatoms. The predicted molar refractivity (Wildman–Crippen MR) is 107 cm³/mol. The van der Waals surface area contributed by atoms with Gasteiger partial charge in [0.2, 0.25) is 5.82 Å². The summed E-state index contributed by atoms with van der Waals surface area (Å²) >= 11 is 1.22. The number of fused-ring (bicyclic) bond motifs is 1. The number of hydrogen-bond acceptors (Lipinski definition) is 8. The van der Waals surface area contributed by atoms with Crippen molar-refractivity contribution in [2.24, 2.45) is 0 Å². The average Bonchev–Trinajstić information content (AvgIpc) is 3.25. The number of aryl methyl sites for hydroxylation is 3. The van der Waals surface area contributed by atoms with E-state index in [-0.39, 0.29) is 12.5 Å². The standard InChI is InChI=1S/C20H18N4O3S/c1-10-4-6-13(7-5-10)18-23-14(27-24-18)9-26-20(25)17-16(21)15-11(2)8-12(3)22-19(15)28-17/h4-8H,9,21H2,1-3H3. The third-order valence-electron chi connectivity index (χ3n) is 4.31. The zero-order chi connectivity index (χ0) is 19.8. The summed E-state index contributed by atoms with van der Waals surface area (Å²) in [5, 5.41) is 4.72. The van der Waals surface area contributed by atoms with Crippen LogP contribution in [0.5, 0.6) is 0 Å². The molecule has 4 rings (SSSR count). The maximum Gasteiger partial charge on any atom is 0.351 e. The number of nitrogens with zero attached hydrogens (tertiary/aromatic N) is 3. The number of benzene rings is 1. The molecule has 142 valence electrons. The Morgan fingerprint density at radius 2 is 1.93 bits per heavy atom. The van der Waals surface area contributed by atoms with Crippen molar-refractivity contribution in [3.05, 3.63) is 57.9 Å². The third kappa shape index (κ3) is 3.34. The van der Waals surface area contributed by atoms with Gasteiger partial charge >= 0.3 is 5.97 Å². The summed E-state index contributed by atoms with van der Waals surface area (Å²) < 4.78 is 10.5. The minimum absolute atomic E-state index is 0.128. The Morgan fingerprint density at radius 1 is 1.18 bits per heavy atom. The Morgan fingerprint density at radius 3 is 2.68 bits per heavy atom. The lowest BCUT2D eigenvalue weighted by Crippen LogP contribution is -2.06. The number of thiophene rings is 1. The SMILES string of the molecule is Cc1ccc(-c2noc(COC(=O)c3sc4nc(C)cc(C)c4c3N)n2)cc1. The van der Waals surface area contributed by atoms with Gasteiger partial charge in [0.05, 0.1) is 5.69 Å². The average molecular weight is 394 g/mol. The predicted octanol–water partition coefficient (Wildman–Crippen LogP) is 4.21. The summed E-state index contributed by atoms with van der Waals surface area (Å²) in [5.74, 6) is 0.129. The van der Waals surface area contributed by atoms with Crippen LogP contribution in [0.2, 0.25) is 0 Å². The number of anilines is 1. The van der Waals surface area contributed by atoms with E-state index in [1.54, 1.807) is 0 Å². The van der Waals surface area contributed by atoms with Crippen LogP contribution in [0.3, 0.4) is 0 Å². The summed E-state index contributed by atoms with van der Waals surface area (Å²) in [5.41, 5.74) is 10.4. The topological polar surface area (TPSA) is 104 Å². The molecule has 1 aromatic carbocycles. The number of hydrogen-bond donors (Lipinski definition) is 1. The third-order valence-corrected chi connectivity index (χ3v) is 5.39. The molecule has 0 radical (unpaired) electrons. The van der Waals surface area contributed by atoms with Crippen LogP contribution in [0, 0.1) is 20.8 Å². The van der Waals surface area contributed by atoms with Gasteiger partial charge in [-0.1, -0.05) is 35.0 Å². The Hall–Kier alpha value is -3.26. The van der Waals surface area contributed by atoms with E-state index in [2.05, 4.69) is 15.1 Å². The molecular formula is C20H18N4O3S. The molecule has 0 atom stereocenters. The van der Waals surface area contributed by atoms with Gasteiger partial charge < -0.3 is 15.0 Å². The summed E-state index contributed by atoms with van der Waals surface area (Å²) in [6, 6.07) is 9.68. The lowest BCUT2D eigenvalue weighted by molar-refractivity contribution is 0.0437. The first-order valence-electron chi connectivity index (χ1n) is 8.65. The fraction of sp³-hybridized carbons (Fsp3) is 0.200. The quantitative estimate of drug-likeness (QED) is 0.517. The molecule has 28 heavy (non-hydrogen) atoms. The van der Waals surface area contributed by atoms with Gasteiger partial charge in [0, 0.05) is 16.6 Å². The molecule has 3 heterocycles. The van der Waals surface area contributed by atoms with E-state index in [1.165, 1.54) is 11.3 Å². The van der Waals surface area contributed by atoms with Crippen LogP contribution in [-0.2, 0) is 11.3 Å². The van der Waals surface area contributed by atoms with Gasteiger partial charge in [-0.3, -0.25) is 0 Å². The van der Waals surface area contributed by atoms with Crippen molar-refractivity contribution in [3.63, 3.8) is 0 Å². The number of carbonyl (C=O) groups excluding carboxylic acids is 1. The molecule has 0 unspecified atom stereocenters. The monoisotopic (exact) mass is 394 g/mol. The molecule has 0 saturated carbocycles. The Labute approximate surface area is 165 Å². The van der Waals surface area contributed by atoms with Crippen LogP contribution in [0.4, 0.5) is 5.69 Å². The van der Waals surface area contributed by atoms with E-state index in [1.807, 2.05) is 51.1 Å². The van der Waals surface area contributed by atoms with Crippen molar-refractivity contribution in [2.75, 3.05) is 5.73 Å². The molecule has 2 N–H and O–H groups in total. The zero-order valence-electron chi connectivity index (χ0n) is 15.6. The van der Waals surface area contributed by atoms with Gasteiger partial charge in [-0.05, 0) is 32.4 Å². The first-order valence-corrected chi connectivity index (χ1v) is 9.47. The van der Waals surface area contributed by atoms with Gasteiger partial charge in [-0.25, -0.2) is 9.78 Å². The van der Waals surface area contributed by atoms with Crippen molar-refractivity contribution < 1.29 is 14.1 Å². The number of rotatable bonds is 4. The fourth-order valence-electron chi connectivity index (χ4n) is 2.95. The highest BCUT2D eigenvalue weighted by molar-refractivity contribution is 7.21. The van der Waals surface area contributed by atoms with Gasteiger partial charge in [0.25, 0.3) is 5.89 Å². The van der Waals surface area contributed by atoms with E-state index >= 15 is 0 Å². The molecule has 4 aromatic rings. The second-order valence-electron chi connectivity index (χ2n) is 6.56. The smallest absolute Gasteiger partial charge is 0.351 e.